The van der Waals surface area contributed by atoms with Gasteiger partial charge in [-0.3, -0.25) is 0 Å². The smallest absolute Gasteiger partial charge is 0.0648 e. The van der Waals surface area contributed by atoms with Crippen LogP contribution >= 0.6 is 0 Å². The van der Waals surface area contributed by atoms with Gasteiger partial charge in [-0.2, -0.15) is 5.10 Å². The van der Waals surface area contributed by atoms with Gasteiger partial charge in [0.25, 0.3) is 0 Å². The van der Waals surface area contributed by atoms with Crippen LogP contribution < -0.4 is 5.32 Å². The van der Waals surface area contributed by atoms with Crippen molar-refractivity contribution in [2.45, 2.75) is 27.3 Å². The number of rotatable bonds is 6. The second kappa shape index (κ2) is 6.68. The summed E-state index contributed by atoms with van der Waals surface area (Å²) in [5.74, 6) is 0.278. The number of hydrogen-bond donors (Lipinski definition) is 2. The summed E-state index contributed by atoms with van der Waals surface area (Å²) in [6.45, 7) is 7.98. The molecule has 0 bridgehead atoms. The van der Waals surface area contributed by atoms with Crippen LogP contribution in [0.1, 0.15) is 23.9 Å². The fourth-order valence-corrected chi connectivity index (χ4v) is 2.26. The van der Waals surface area contributed by atoms with E-state index in [1.165, 1.54) is 5.56 Å². The molecule has 0 aliphatic heterocycles. The molecule has 1 aromatic heterocycles. The molecule has 0 fully saturated rings. The molecule has 2 aromatic rings. The highest BCUT2D eigenvalue weighted by Crippen LogP contribution is 2.17. The molecule has 108 valence electrons. The van der Waals surface area contributed by atoms with Crippen LogP contribution in [-0.2, 0) is 6.54 Å². The van der Waals surface area contributed by atoms with Gasteiger partial charge in [0.15, 0.2) is 0 Å². The monoisotopic (exact) mass is 273 g/mol. The molecule has 1 unspecified atom stereocenters. The number of aromatic nitrogens is 2. The Morgan fingerprint density at radius 3 is 2.60 bits per heavy atom. The molecule has 0 spiro atoms. The Labute approximate surface area is 120 Å². The van der Waals surface area contributed by atoms with Crippen molar-refractivity contribution in [2.24, 2.45) is 5.92 Å². The normalized spacial score (nSPS) is 12.6. The zero-order chi connectivity index (χ0) is 14.5. The van der Waals surface area contributed by atoms with Gasteiger partial charge >= 0.3 is 0 Å². The quantitative estimate of drug-likeness (QED) is 0.848. The van der Waals surface area contributed by atoms with Gasteiger partial charge in [-0.25, -0.2) is 4.68 Å². The van der Waals surface area contributed by atoms with Crippen molar-refractivity contribution in [3.63, 3.8) is 0 Å². The van der Waals surface area contributed by atoms with Crippen molar-refractivity contribution in [2.75, 3.05) is 13.2 Å². The van der Waals surface area contributed by atoms with E-state index in [2.05, 4.69) is 29.5 Å². The van der Waals surface area contributed by atoms with Gasteiger partial charge in [-0.15, -0.1) is 0 Å². The number of nitrogens with zero attached hydrogens (tertiary/aromatic N) is 2. The Balaban J connectivity index is 2.13. The maximum Gasteiger partial charge on any atom is 0.0648 e. The highest BCUT2D eigenvalue weighted by Gasteiger charge is 2.12. The third-order valence-corrected chi connectivity index (χ3v) is 3.55. The van der Waals surface area contributed by atoms with Crippen molar-refractivity contribution in [1.29, 1.82) is 0 Å². The van der Waals surface area contributed by atoms with Gasteiger partial charge < -0.3 is 10.4 Å². The minimum absolute atomic E-state index is 0.217. The first-order valence-corrected chi connectivity index (χ1v) is 7.05. The summed E-state index contributed by atoms with van der Waals surface area (Å²) in [6, 6.07) is 10.2. The van der Waals surface area contributed by atoms with E-state index in [1.54, 1.807) is 0 Å². The number of aliphatic hydroxyl groups is 1. The molecular weight excluding hydrogens is 250 g/mol. The van der Waals surface area contributed by atoms with Crippen LogP contribution in [-0.4, -0.2) is 28.0 Å². The molecule has 2 rings (SSSR count). The molecule has 1 heterocycles. The summed E-state index contributed by atoms with van der Waals surface area (Å²) >= 11 is 0. The van der Waals surface area contributed by atoms with Crippen molar-refractivity contribution >= 4 is 0 Å². The molecule has 0 saturated carbocycles. The molecule has 1 aromatic carbocycles. The summed E-state index contributed by atoms with van der Waals surface area (Å²) < 4.78 is 1.99. The molecule has 20 heavy (non-hydrogen) atoms. The van der Waals surface area contributed by atoms with E-state index < -0.39 is 0 Å². The number of para-hydroxylation sites is 1. The van der Waals surface area contributed by atoms with Crippen molar-refractivity contribution in [3.05, 3.63) is 47.3 Å². The minimum atomic E-state index is 0.217. The van der Waals surface area contributed by atoms with E-state index in [-0.39, 0.29) is 12.5 Å². The maximum absolute atomic E-state index is 9.04. The van der Waals surface area contributed by atoms with Crippen LogP contribution in [0.15, 0.2) is 30.3 Å². The minimum Gasteiger partial charge on any atom is -0.396 e. The average Bonchev–Trinajstić information content (AvgIpc) is 2.75. The van der Waals surface area contributed by atoms with Crippen molar-refractivity contribution in [1.82, 2.24) is 15.1 Å². The van der Waals surface area contributed by atoms with Gasteiger partial charge in [-0.1, -0.05) is 25.1 Å². The van der Waals surface area contributed by atoms with Gasteiger partial charge in [0.1, 0.15) is 0 Å². The van der Waals surface area contributed by atoms with Crippen LogP contribution in [0.2, 0.25) is 0 Å². The van der Waals surface area contributed by atoms with E-state index in [0.29, 0.717) is 0 Å². The molecule has 0 saturated heterocycles. The number of aryl methyl sites for hydroxylation is 1. The van der Waals surface area contributed by atoms with E-state index >= 15 is 0 Å². The third kappa shape index (κ3) is 3.26. The number of aliphatic hydroxyl groups excluding tert-OH is 1. The standard InChI is InChI=1S/C16H23N3O/c1-12(11-20)9-17-10-16-13(2)18-19(14(16)3)15-7-5-4-6-8-15/h4-8,12,17,20H,9-11H2,1-3H3. The van der Waals surface area contributed by atoms with Crippen LogP contribution in [0.25, 0.3) is 5.69 Å². The highest BCUT2D eigenvalue weighted by atomic mass is 16.3. The average molecular weight is 273 g/mol. The van der Waals surface area contributed by atoms with Crippen LogP contribution in [0.3, 0.4) is 0 Å². The van der Waals surface area contributed by atoms with Crippen LogP contribution in [0.5, 0.6) is 0 Å². The summed E-state index contributed by atoms with van der Waals surface area (Å²) in [5.41, 5.74) is 4.54. The Morgan fingerprint density at radius 2 is 1.95 bits per heavy atom. The molecule has 0 aliphatic carbocycles. The molecule has 0 amide bonds. The predicted octanol–water partition coefficient (Wildman–Crippen LogP) is 2.21. The fourth-order valence-electron chi connectivity index (χ4n) is 2.26. The number of benzene rings is 1. The summed E-state index contributed by atoms with van der Waals surface area (Å²) in [5, 5.41) is 17.0. The lowest BCUT2D eigenvalue weighted by atomic mass is 10.1. The zero-order valence-electron chi connectivity index (χ0n) is 12.4. The molecule has 0 radical (unpaired) electrons. The Hall–Kier alpha value is -1.65. The third-order valence-electron chi connectivity index (χ3n) is 3.55. The SMILES string of the molecule is Cc1nn(-c2ccccc2)c(C)c1CNCC(C)CO. The van der Waals surface area contributed by atoms with Gasteiger partial charge in [0.2, 0.25) is 0 Å². The Morgan fingerprint density at radius 1 is 1.25 bits per heavy atom. The predicted molar refractivity (Wildman–Crippen MR) is 81.0 cm³/mol. The van der Waals surface area contributed by atoms with Crippen LogP contribution in [0.4, 0.5) is 0 Å². The second-order valence-electron chi connectivity index (χ2n) is 5.32. The molecular formula is C16H23N3O. The first-order valence-electron chi connectivity index (χ1n) is 7.05. The van der Waals surface area contributed by atoms with Crippen LogP contribution in [0, 0.1) is 19.8 Å². The maximum atomic E-state index is 9.04. The summed E-state index contributed by atoms with van der Waals surface area (Å²) in [6.07, 6.45) is 0. The van der Waals surface area contributed by atoms with E-state index in [1.807, 2.05) is 36.7 Å². The number of nitrogens with one attached hydrogen (secondary N) is 1. The number of hydrogen-bond acceptors (Lipinski definition) is 3. The lowest BCUT2D eigenvalue weighted by Gasteiger charge is -2.10. The summed E-state index contributed by atoms with van der Waals surface area (Å²) in [7, 11) is 0. The molecule has 2 N–H and O–H groups in total. The van der Waals surface area contributed by atoms with Gasteiger partial charge in [0.05, 0.1) is 11.4 Å². The van der Waals surface area contributed by atoms with E-state index in [0.717, 1.165) is 30.2 Å². The molecule has 4 heteroatoms. The largest absolute Gasteiger partial charge is 0.396 e. The van der Waals surface area contributed by atoms with E-state index in [4.69, 9.17) is 5.11 Å². The van der Waals surface area contributed by atoms with Crippen molar-refractivity contribution < 1.29 is 5.11 Å². The highest BCUT2D eigenvalue weighted by molar-refractivity contribution is 5.36. The van der Waals surface area contributed by atoms with Gasteiger partial charge in [0, 0.05) is 31.0 Å². The summed E-state index contributed by atoms with van der Waals surface area (Å²) in [4.78, 5) is 0. The lowest BCUT2D eigenvalue weighted by Crippen LogP contribution is -2.23. The lowest BCUT2D eigenvalue weighted by molar-refractivity contribution is 0.233. The van der Waals surface area contributed by atoms with E-state index in [9.17, 15) is 0 Å². The second-order valence-corrected chi connectivity index (χ2v) is 5.32. The fraction of sp³-hybridized carbons (Fsp3) is 0.438. The topological polar surface area (TPSA) is 50.1 Å². The van der Waals surface area contributed by atoms with Crippen molar-refractivity contribution in [3.8, 4) is 5.69 Å². The first-order chi connectivity index (χ1) is 9.63. The zero-order valence-corrected chi connectivity index (χ0v) is 12.4. The Kier molecular flexibility index (Phi) is 4.93. The van der Waals surface area contributed by atoms with Gasteiger partial charge in [-0.05, 0) is 31.9 Å². The molecule has 0 aliphatic rings. The first kappa shape index (κ1) is 14.8. The molecule has 4 nitrogen and oxygen atoms in total. The Bertz CT molecular complexity index is 548. The molecule has 1 atom stereocenters.